The van der Waals surface area contributed by atoms with E-state index >= 15 is 0 Å². The maximum absolute atomic E-state index is 10.2. The van der Waals surface area contributed by atoms with Gasteiger partial charge in [0.25, 0.3) is 0 Å². The van der Waals surface area contributed by atoms with Crippen LogP contribution in [0.15, 0.2) is 5.34 Å². The van der Waals surface area contributed by atoms with E-state index in [-0.39, 0.29) is 5.60 Å². The molecule has 0 N–H and O–H groups in total. The lowest BCUT2D eigenvalue weighted by Crippen LogP contribution is -2.39. The van der Waals surface area contributed by atoms with Crippen LogP contribution < -0.4 is 0 Å². The Morgan fingerprint density at radius 1 is 1.31 bits per heavy atom. The van der Waals surface area contributed by atoms with Crippen LogP contribution in [0.1, 0.15) is 32.1 Å². The molecule has 5 unspecified atom stereocenters. The predicted molar refractivity (Wildman–Crippen MR) is 45.6 cm³/mol. The van der Waals surface area contributed by atoms with Crippen LogP contribution in [0, 0.1) is 28.1 Å². The molecule has 1 spiro atoms. The van der Waals surface area contributed by atoms with Crippen molar-refractivity contribution >= 4 is 0 Å². The van der Waals surface area contributed by atoms with Gasteiger partial charge < -0.3 is 4.84 Å². The molecule has 70 valence electrons. The third-order valence-corrected chi connectivity index (χ3v) is 5.44. The second kappa shape index (κ2) is 1.64. The smallest absolute Gasteiger partial charge is 0.155 e. The molecule has 5 aliphatic rings. The fraction of sp³-hybridized carbons (Fsp3) is 1.00. The zero-order chi connectivity index (χ0) is 8.68. The molecule has 0 amide bonds. The molecule has 3 nitrogen and oxygen atoms in total. The normalized spacial score (nSPS) is 65.1. The van der Waals surface area contributed by atoms with E-state index < -0.39 is 0 Å². The van der Waals surface area contributed by atoms with Crippen molar-refractivity contribution in [1.82, 2.24) is 0 Å². The Hall–Kier alpha value is -0.600. The fourth-order valence-electron chi connectivity index (χ4n) is 5.28. The minimum Gasteiger partial charge on any atom is -0.357 e. The van der Waals surface area contributed by atoms with E-state index in [4.69, 9.17) is 4.84 Å². The van der Waals surface area contributed by atoms with Gasteiger partial charge in [-0.05, 0) is 55.3 Å². The number of rotatable bonds is 2. The molecule has 5 saturated carbocycles. The summed E-state index contributed by atoms with van der Waals surface area (Å²) < 4.78 is 0. The summed E-state index contributed by atoms with van der Waals surface area (Å²) in [5, 5.41) is 2.68. The number of hydrogen-bond acceptors (Lipinski definition) is 3. The fourth-order valence-corrected chi connectivity index (χ4v) is 5.28. The molecule has 0 radical (unpaired) electrons. The molecular formula is C10H13NO2. The van der Waals surface area contributed by atoms with Crippen LogP contribution in [0.3, 0.4) is 0 Å². The van der Waals surface area contributed by atoms with Gasteiger partial charge in [0.1, 0.15) is 5.60 Å². The zero-order valence-corrected chi connectivity index (χ0v) is 7.53. The quantitative estimate of drug-likeness (QED) is 0.481. The monoisotopic (exact) mass is 179 g/mol. The van der Waals surface area contributed by atoms with Crippen molar-refractivity contribution in [3.8, 4) is 0 Å². The third kappa shape index (κ3) is 0.511. The van der Waals surface area contributed by atoms with Crippen molar-refractivity contribution in [2.45, 2.75) is 37.7 Å². The van der Waals surface area contributed by atoms with Gasteiger partial charge in [-0.3, -0.25) is 0 Å². The van der Waals surface area contributed by atoms with Gasteiger partial charge in [-0.15, -0.1) is 4.91 Å². The Bertz CT molecular complexity index is 291. The van der Waals surface area contributed by atoms with E-state index in [1.807, 2.05) is 0 Å². The second-order valence-electron chi connectivity index (χ2n) is 5.67. The molecule has 5 atom stereocenters. The average Bonchev–Trinajstić information content (AvgIpc) is 2.63. The van der Waals surface area contributed by atoms with E-state index in [9.17, 15) is 4.91 Å². The summed E-state index contributed by atoms with van der Waals surface area (Å²) in [5.74, 6) is 2.75. The second-order valence-corrected chi connectivity index (χ2v) is 5.67. The molecule has 0 heterocycles. The maximum Gasteiger partial charge on any atom is 0.155 e. The standard InChI is InChI=1S/C10H13NO2/c12-11-13-9-3-7-1-6-2-10(7,5-9)8(6)4-9/h6-8H,1-5H2. The summed E-state index contributed by atoms with van der Waals surface area (Å²) in [5.41, 5.74) is 0.512. The Labute approximate surface area is 76.8 Å². The van der Waals surface area contributed by atoms with Crippen molar-refractivity contribution in [2.24, 2.45) is 28.5 Å². The van der Waals surface area contributed by atoms with Crippen LogP contribution in [-0.4, -0.2) is 5.60 Å². The van der Waals surface area contributed by atoms with Crippen LogP contribution in [0.2, 0.25) is 0 Å². The van der Waals surface area contributed by atoms with Gasteiger partial charge in [0, 0.05) is 0 Å². The molecule has 0 saturated heterocycles. The molecule has 3 heteroatoms. The van der Waals surface area contributed by atoms with Crippen molar-refractivity contribution in [3.05, 3.63) is 4.91 Å². The number of nitrogens with zero attached hydrogens (tertiary/aromatic N) is 1. The Morgan fingerprint density at radius 3 is 2.92 bits per heavy atom. The predicted octanol–water partition coefficient (Wildman–Crippen LogP) is 2.26. The summed E-state index contributed by atoms with van der Waals surface area (Å²) in [6.07, 6.45) is 6.21. The van der Waals surface area contributed by atoms with Gasteiger partial charge in [-0.1, -0.05) is 0 Å². The van der Waals surface area contributed by atoms with E-state index in [1.54, 1.807) is 0 Å². The first kappa shape index (κ1) is 6.80. The molecule has 0 aromatic carbocycles. The van der Waals surface area contributed by atoms with Crippen LogP contribution in [0.5, 0.6) is 0 Å². The Balaban J connectivity index is 1.78. The minimum atomic E-state index is -0.109. The van der Waals surface area contributed by atoms with Gasteiger partial charge in [-0.2, -0.15) is 0 Å². The van der Waals surface area contributed by atoms with Gasteiger partial charge >= 0.3 is 0 Å². The van der Waals surface area contributed by atoms with Crippen LogP contribution in [0.4, 0.5) is 0 Å². The SMILES string of the molecule is O=NOC12CC3CC4CC3(C1)C4C2. The molecule has 3 bridgehead atoms. The van der Waals surface area contributed by atoms with E-state index in [0.717, 1.165) is 37.0 Å². The first-order valence-electron chi connectivity index (χ1n) is 5.29. The molecule has 0 aromatic heterocycles. The highest BCUT2D eigenvalue weighted by Gasteiger charge is 2.77. The van der Waals surface area contributed by atoms with E-state index in [0.29, 0.717) is 5.41 Å². The lowest BCUT2D eigenvalue weighted by Gasteiger charge is -2.44. The summed E-state index contributed by atoms with van der Waals surface area (Å²) in [6, 6.07) is 0. The first-order valence-corrected chi connectivity index (χ1v) is 5.29. The maximum atomic E-state index is 10.2. The van der Waals surface area contributed by atoms with Crippen molar-refractivity contribution < 1.29 is 4.84 Å². The highest BCUT2D eigenvalue weighted by atomic mass is 16.7. The van der Waals surface area contributed by atoms with Crippen LogP contribution >= 0.6 is 0 Å². The summed E-state index contributed by atoms with van der Waals surface area (Å²) >= 11 is 0. The summed E-state index contributed by atoms with van der Waals surface area (Å²) in [7, 11) is 0. The van der Waals surface area contributed by atoms with Gasteiger partial charge in [0.2, 0.25) is 0 Å². The lowest BCUT2D eigenvalue weighted by atomic mass is 9.60. The van der Waals surface area contributed by atoms with Gasteiger partial charge in [0.15, 0.2) is 5.34 Å². The number of fused-ring (bicyclic) bond motifs is 1. The van der Waals surface area contributed by atoms with Crippen molar-refractivity contribution in [3.63, 3.8) is 0 Å². The molecular weight excluding hydrogens is 166 g/mol. The third-order valence-electron chi connectivity index (χ3n) is 5.44. The van der Waals surface area contributed by atoms with Crippen LogP contribution in [0.25, 0.3) is 0 Å². The Morgan fingerprint density at radius 2 is 2.23 bits per heavy atom. The molecule has 0 aromatic rings. The zero-order valence-electron chi connectivity index (χ0n) is 7.53. The molecule has 0 aliphatic heterocycles. The van der Waals surface area contributed by atoms with Crippen molar-refractivity contribution in [2.75, 3.05) is 0 Å². The average molecular weight is 179 g/mol. The Kier molecular flexibility index (Phi) is 0.858. The van der Waals surface area contributed by atoms with E-state index in [2.05, 4.69) is 5.34 Å². The largest absolute Gasteiger partial charge is 0.357 e. The molecule has 5 aliphatic carbocycles. The lowest BCUT2D eigenvalue weighted by molar-refractivity contribution is -0.0502. The van der Waals surface area contributed by atoms with Crippen molar-refractivity contribution in [1.29, 1.82) is 0 Å². The first-order chi connectivity index (χ1) is 6.28. The van der Waals surface area contributed by atoms with Crippen LogP contribution in [-0.2, 0) is 4.84 Å². The highest BCUT2D eigenvalue weighted by Crippen LogP contribution is 2.81. The molecule has 5 fully saturated rings. The number of hydrogen-bond donors (Lipinski definition) is 0. The van der Waals surface area contributed by atoms with Gasteiger partial charge in [-0.25, -0.2) is 0 Å². The molecule has 13 heavy (non-hydrogen) atoms. The highest BCUT2D eigenvalue weighted by molar-refractivity contribution is 5.26. The summed E-state index contributed by atoms with van der Waals surface area (Å²) in [4.78, 5) is 15.3. The van der Waals surface area contributed by atoms with E-state index in [1.165, 1.54) is 12.8 Å². The molecule has 5 rings (SSSR count). The summed E-state index contributed by atoms with van der Waals surface area (Å²) in [6.45, 7) is 0. The minimum absolute atomic E-state index is 0.109. The van der Waals surface area contributed by atoms with Gasteiger partial charge in [0.05, 0.1) is 0 Å². The topological polar surface area (TPSA) is 38.7 Å².